The molecule has 0 aliphatic rings. The first kappa shape index (κ1) is 18.6. The SMILES string of the molecule is C=CCN(Cc1cccn1Cc1cccc(F)c1)C(=O)c1ccc(C)cc1. The van der Waals surface area contributed by atoms with Crippen molar-refractivity contribution in [2.75, 3.05) is 6.54 Å². The van der Waals surface area contributed by atoms with Crippen LogP contribution in [0.5, 0.6) is 0 Å². The number of rotatable bonds is 7. The summed E-state index contributed by atoms with van der Waals surface area (Å²) in [5.41, 5.74) is 3.64. The van der Waals surface area contributed by atoms with Gasteiger partial charge in [0.25, 0.3) is 5.91 Å². The number of benzene rings is 2. The molecule has 0 N–H and O–H groups in total. The van der Waals surface area contributed by atoms with E-state index in [4.69, 9.17) is 0 Å². The number of aromatic nitrogens is 1. The zero-order valence-corrected chi connectivity index (χ0v) is 15.4. The molecule has 0 unspecified atom stereocenters. The predicted octanol–water partition coefficient (Wildman–Crippen LogP) is 4.81. The van der Waals surface area contributed by atoms with Crippen LogP contribution in [0.2, 0.25) is 0 Å². The van der Waals surface area contributed by atoms with Crippen molar-refractivity contribution in [2.24, 2.45) is 0 Å². The van der Waals surface area contributed by atoms with Gasteiger partial charge in [-0.2, -0.15) is 0 Å². The molecule has 2 aromatic carbocycles. The van der Waals surface area contributed by atoms with Gasteiger partial charge in [-0.1, -0.05) is 35.9 Å². The Morgan fingerprint density at radius 3 is 2.63 bits per heavy atom. The van der Waals surface area contributed by atoms with E-state index in [0.29, 0.717) is 25.2 Å². The minimum absolute atomic E-state index is 0.0339. The lowest BCUT2D eigenvalue weighted by atomic mass is 10.1. The molecule has 0 spiro atoms. The lowest BCUT2D eigenvalue weighted by molar-refractivity contribution is 0.0759. The minimum atomic E-state index is -0.246. The maximum atomic E-state index is 13.5. The maximum absolute atomic E-state index is 13.5. The van der Waals surface area contributed by atoms with Crippen LogP contribution in [0.1, 0.15) is 27.2 Å². The number of amides is 1. The second-order valence-electron chi connectivity index (χ2n) is 6.60. The van der Waals surface area contributed by atoms with E-state index in [1.54, 1.807) is 17.0 Å². The van der Waals surface area contributed by atoms with Crippen molar-refractivity contribution >= 4 is 5.91 Å². The van der Waals surface area contributed by atoms with Crippen LogP contribution >= 0.6 is 0 Å². The van der Waals surface area contributed by atoms with Crippen molar-refractivity contribution in [1.82, 2.24) is 9.47 Å². The molecule has 3 aromatic rings. The Kier molecular flexibility index (Phi) is 5.87. The van der Waals surface area contributed by atoms with E-state index in [0.717, 1.165) is 16.8 Å². The Hall–Kier alpha value is -3.14. The van der Waals surface area contributed by atoms with Gasteiger partial charge in [0.05, 0.1) is 6.54 Å². The number of carbonyl (C=O) groups excluding carboxylic acids is 1. The first-order chi connectivity index (χ1) is 13.1. The summed E-state index contributed by atoms with van der Waals surface area (Å²) in [4.78, 5) is 14.7. The Morgan fingerprint density at radius 2 is 1.93 bits per heavy atom. The predicted molar refractivity (Wildman–Crippen MR) is 106 cm³/mol. The molecule has 0 radical (unpaired) electrons. The van der Waals surface area contributed by atoms with E-state index in [1.165, 1.54) is 12.1 Å². The molecule has 3 rings (SSSR count). The van der Waals surface area contributed by atoms with Gasteiger partial charge in [0, 0.05) is 30.5 Å². The lowest BCUT2D eigenvalue weighted by Gasteiger charge is -2.22. The summed E-state index contributed by atoms with van der Waals surface area (Å²) in [6.45, 7) is 7.24. The highest BCUT2D eigenvalue weighted by Gasteiger charge is 2.16. The Balaban J connectivity index is 1.79. The zero-order chi connectivity index (χ0) is 19.2. The van der Waals surface area contributed by atoms with Gasteiger partial charge in [-0.3, -0.25) is 4.79 Å². The summed E-state index contributed by atoms with van der Waals surface area (Å²) < 4.78 is 15.5. The summed E-state index contributed by atoms with van der Waals surface area (Å²) >= 11 is 0. The third-order valence-electron chi connectivity index (χ3n) is 4.45. The average molecular weight is 362 g/mol. The molecule has 0 fully saturated rings. The van der Waals surface area contributed by atoms with Crippen molar-refractivity contribution in [2.45, 2.75) is 20.0 Å². The molecule has 0 aliphatic carbocycles. The van der Waals surface area contributed by atoms with E-state index in [9.17, 15) is 9.18 Å². The first-order valence-corrected chi connectivity index (χ1v) is 8.92. The maximum Gasteiger partial charge on any atom is 0.254 e. The van der Waals surface area contributed by atoms with Crippen LogP contribution in [0.25, 0.3) is 0 Å². The van der Waals surface area contributed by atoms with Crippen molar-refractivity contribution < 1.29 is 9.18 Å². The quantitative estimate of drug-likeness (QED) is 0.554. The number of nitrogens with zero attached hydrogens (tertiary/aromatic N) is 2. The number of halogens is 1. The van der Waals surface area contributed by atoms with Crippen LogP contribution in [0, 0.1) is 12.7 Å². The molecule has 27 heavy (non-hydrogen) atoms. The molecule has 0 saturated carbocycles. The fraction of sp³-hybridized carbons (Fsp3) is 0.174. The second-order valence-corrected chi connectivity index (χ2v) is 6.60. The molecule has 138 valence electrons. The van der Waals surface area contributed by atoms with Crippen LogP contribution in [0.15, 0.2) is 79.5 Å². The highest BCUT2D eigenvalue weighted by Crippen LogP contribution is 2.14. The number of hydrogen-bond acceptors (Lipinski definition) is 1. The zero-order valence-electron chi connectivity index (χ0n) is 15.4. The molecule has 3 nitrogen and oxygen atoms in total. The van der Waals surface area contributed by atoms with E-state index in [2.05, 4.69) is 6.58 Å². The summed E-state index contributed by atoms with van der Waals surface area (Å²) in [6, 6.07) is 18.1. The second kappa shape index (κ2) is 8.49. The smallest absolute Gasteiger partial charge is 0.254 e. The van der Waals surface area contributed by atoms with Crippen LogP contribution in [0.4, 0.5) is 4.39 Å². The van der Waals surface area contributed by atoms with Gasteiger partial charge < -0.3 is 9.47 Å². The highest BCUT2D eigenvalue weighted by molar-refractivity contribution is 5.94. The molecule has 4 heteroatoms. The number of hydrogen-bond donors (Lipinski definition) is 0. The molecule has 0 bridgehead atoms. The van der Waals surface area contributed by atoms with Gasteiger partial charge in [0.2, 0.25) is 0 Å². The molecule has 1 aromatic heterocycles. The molecule has 0 saturated heterocycles. The van der Waals surface area contributed by atoms with Crippen molar-refractivity contribution in [3.8, 4) is 0 Å². The molecule has 0 atom stereocenters. The van der Waals surface area contributed by atoms with Gasteiger partial charge in [-0.05, 0) is 48.9 Å². The molecular formula is C23H23FN2O. The third kappa shape index (κ3) is 4.73. The molecule has 1 amide bonds. The van der Waals surface area contributed by atoms with Crippen LogP contribution in [-0.4, -0.2) is 21.9 Å². The average Bonchev–Trinajstić information content (AvgIpc) is 3.08. The summed E-state index contributed by atoms with van der Waals surface area (Å²) in [7, 11) is 0. The molecule has 1 heterocycles. The normalized spacial score (nSPS) is 10.6. The lowest BCUT2D eigenvalue weighted by Crippen LogP contribution is -2.31. The number of carbonyl (C=O) groups is 1. The van der Waals surface area contributed by atoms with Crippen LogP contribution in [-0.2, 0) is 13.1 Å². The van der Waals surface area contributed by atoms with Crippen LogP contribution in [0.3, 0.4) is 0 Å². The topological polar surface area (TPSA) is 25.2 Å². The Labute approximate surface area is 159 Å². The van der Waals surface area contributed by atoms with E-state index in [1.807, 2.05) is 60.2 Å². The van der Waals surface area contributed by atoms with Crippen molar-refractivity contribution in [1.29, 1.82) is 0 Å². The third-order valence-corrected chi connectivity index (χ3v) is 4.45. The Bertz CT molecular complexity index is 928. The fourth-order valence-corrected chi connectivity index (χ4v) is 3.03. The molecular weight excluding hydrogens is 339 g/mol. The first-order valence-electron chi connectivity index (χ1n) is 8.92. The largest absolute Gasteiger partial charge is 0.345 e. The molecule has 0 aliphatic heterocycles. The minimum Gasteiger partial charge on any atom is -0.345 e. The highest BCUT2D eigenvalue weighted by atomic mass is 19.1. The van der Waals surface area contributed by atoms with Crippen molar-refractivity contribution in [3.05, 3.63) is 108 Å². The summed E-state index contributed by atoms with van der Waals surface area (Å²) in [6.07, 6.45) is 3.68. The van der Waals surface area contributed by atoms with Gasteiger partial charge in [-0.15, -0.1) is 6.58 Å². The standard InChI is InChI=1S/C23H23FN2O/c1-3-13-26(23(27)20-11-9-18(2)10-12-20)17-22-8-5-14-25(22)16-19-6-4-7-21(24)15-19/h3-12,14-15H,1,13,16-17H2,2H3. The van der Waals surface area contributed by atoms with Crippen molar-refractivity contribution in [3.63, 3.8) is 0 Å². The van der Waals surface area contributed by atoms with Gasteiger partial charge in [0.1, 0.15) is 5.82 Å². The van der Waals surface area contributed by atoms with Gasteiger partial charge in [-0.25, -0.2) is 4.39 Å². The van der Waals surface area contributed by atoms with E-state index in [-0.39, 0.29) is 11.7 Å². The Morgan fingerprint density at radius 1 is 1.15 bits per heavy atom. The summed E-state index contributed by atoms with van der Waals surface area (Å²) in [5.74, 6) is -0.280. The monoisotopic (exact) mass is 362 g/mol. The number of aryl methyl sites for hydroxylation is 1. The summed E-state index contributed by atoms with van der Waals surface area (Å²) in [5, 5.41) is 0. The van der Waals surface area contributed by atoms with Gasteiger partial charge >= 0.3 is 0 Å². The van der Waals surface area contributed by atoms with E-state index >= 15 is 0 Å². The van der Waals surface area contributed by atoms with Gasteiger partial charge in [0.15, 0.2) is 0 Å². The fourth-order valence-electron chi connectivity index (χ4n) is 3.03. The van der Waals surface area contributed by atoms with Crippen LogP contribution < -0.4 is 0 Å². The van der Waals surface area contributed by atoms with E-state index < -0.39 is 0 Å².